The van der Waals surface area contributed by atoms with Gasteiger partial charge in [0.1, 0.15) is 0 Å². The average molecular weight is 294 g/mol. The van der Waals surface area contributed by atoms with Crippen LogP contribution in [0, 0.1) is 10.1 Å². The zero-order valence-corrected chi connectivity index (χ0v) is 12.2. The van der Waals surface area contributed by atoms with Crippen molar-refractivity contribution in [1.29, 1.82) is 0 Å². The van der Waals surface area contributed by atoms with Crippen LogP contribution in [-0.4, -0.2) is 28.8 Å². The van der Waals surface area contributed by atoms with Crippen LogP contribution in [0.4, 0.5) is 11.4 Å². The SMILES string of the molecule is CCCOc1cc(NC2CCC(O)CC2)ccc1[N+](=O)[O-]. The van der Waals surface area contributed by atoms with Gasteiger partial charge in [0.05, 0.1) is 17.6 Å². The third-order valence-corrected chi connectivity index (χ3v) is 3.69. The molecule has 0 aromatic heterocycles. The smallest absolute Gasteiger partial charge is 0.311 e. The van der Waals surface area contributed by atoms with Gasteiger partial charge in [0.2, 0.25) is 0 Å². The van der Waals surface area contributed by atoms with Crippen molar-refractivity contribution in [1.82, 2.24) is 0 Å². The van der Waals surface area contributed by atoms with Gasteiger partial charge in [0, 0.05) is 23.9 Å². The summed E-state index contributed by atoms with van der Waals surface area (Å²) in [6.45, 7) is 2.42. The molecule has 1 aromatic rings. The Balaban J connectivity index is 2.07. The zero-order chi connectivity index (χ0) is 15.2. The molecule has 1 aromatic carbocycles. The second-order valence-corrected chi connectivity index (χ2v) is 5.44. The number of ether oxygens (including phenoxy) is 1. The van der Waals surface area contributed by atoms with Gasteiger partial charge in [0.25, 0.3) is 0 Å². The number of aliphatic hydroxyl groups excluding tert-OH is 1. The normalized spacial score (nSPS) is 21.8. The van der Waals surface area contributed by atoms with Gasteiger partial charge < -0.3 is 15.2 Å². The Morgan fingerprint density at radius 2 is 2.10 bits per heavy atom. The van der Waals surface area contributed by atoms with Crippen LogP contribution in [0.3, 0.4) is 0 Å². The number of hydrogen-bond donors (Lipinski definition) is 2. The van der Waals surface area contributed by atoms with E-state index in [0.717, 1.165) is 37.8 Å². The van der Waals surface area contributed by atoms with Gasteiger partial charge in [-0.25, -0.2) is 0 Å². The standard InChI is InChI=1S/C15H22N2O4/c1-2-9-21-15-10-12(5-8-14(15)17(19)20)16-11-3-6-13(18)7-4-11/h5,8,10-11,13,16,18H,2-4,6-7,9H2,1H3. The van der Waals surface area contributed by atoms with Gasteiger partial charge in [-0.1, -0.05) is 6.92 Å². The van der Waals surface area contributed by atoms with Crippen LogP contribution in [0.15, 0.2) is 18.2 Å². The number of nitro benzene ring substituents is 1. The highest BCUT2D eigenvalue weighted by atomic mass is 16.6. The molecule has 1 aliphatic rings. The molecule has 21 heavy (non-hydrogen) atoms. The predicted octanol–water partition coefficient (Wildman–Crippen LogP) is 3.10. The molecule has 0 saturated heterocycles. The first-order chi connectivity index (χ1) is 10.1. The van der Waals surface area contributed by atoms with E-state index in [-0.39, 0.29) is 11.8 Å². The third-order valence-electron chi connectivity index (χ3n) is 3.69. The molecular formula is C15H22N2O4. The van der Waals surface area contributed by atoms with Crippen molar-refractivity contribution >= 4 is 11.4 Å². The Bertz CT molecular complexity index is 485. The summed E-state index contributed by atoms with van der Waals surface area (Å²) < 4.78 is 5.47. The Hall–Kier alpha value is -1.82. The first-order valence-electron chi connectivity index (χ1n) is 7.46. The molecular weight excluding hydrogens is 272 g/mol. The van der Waals surface area contributed by atoms with Gasteiger partial charge in [-0.05, 0) is 38.2 Å². The van der Waals surface area contributed by atoms with Crippen molar-refractivity contribution in [2.75, 3.05) is 11.9 Å². The molecule has 0 unspecified atom stereocenters. The number of nitro groups is 1. The summed E-state index contributed by atoms with van der Waals surface area (Å²) in [6, 6.07) is 5.18. The van der Waals surface area contributed by atoms with E-state index >= 15 is 0 Å². The van der Waals surface area contributed by atoms with E-state index in [9.17, 15) is 15.2 Å². The van der Waals surface area contributed by atoms with Gasteiger partial charge in [-0.2, -0.15) is 0 Å². The number of aliphatic hydroxyl groups is 1. The van der Waals surface area contributed by atoms with Crippen molar-refractivity contribution in [3.8, 4) is 5.75 Å². The Morgan fingerprint density at radius 3 is 2.71 bits per heavy atom. The van der Waals surface area contributed by atoms with E-state index in [1.54, 1.807) is 12.1 Å². The van der Waals surface area contributed by atoms with Crippen molar-refractivity contribution < 1.29 is 14.8 Å². The van der Waals surface area contributed by atoms with Crippen LogP contribution < -0.4 is 10.1 Å². The van der Waals surface area contributed by atoms with E-state index in [4.69, 9.17) is 4.74 Å². The molecule has 0 radical (unpaired) electrons. The second kappa shape index (κ2) is 7.26. The molecule has 1 fully saturated rings. The topological polar surface area (TPSA) is 84.6 Å². The van der Waals surface area contributed by atoms with Gasteiger partial charge in [-0.3, -0.25) is 10.1 Å². The number of anilines is 1. The summed E-state index contributed by atoms with van der Waals surface area (Å²) in [7, 11) is 0. The van der Waals surface area contributed by atoms with E-state index < -0.39 is 4.92 Å². The quantitative estimate of drug-likeness (QED) is 0.622. The summed E-state index contributed by atoms with van der Waals surface area (Å²) >= 11 is 0. The summed E-state index contributed by atoms with van der Waals surface area (Å²) in [6.07, 6.45) is 4.01. The molecule has 116 valence electrons. The lowest BCUT2D eigenvalue weighted by Gasteiger charge is -2.27. The first-order valence-corrected chi connectivity index (χ1v) is 7.46. The molecule has 0 bridgehead atoms. The summed E-state index contributed by atoms with van der Waals surface area (Å²) in [5, 5.41) is 23.9. The summed E-state index contributed by atoms with van der Waals surface area (Å²) in [5.74, 6) is 0.308. The molecule has 6 nitrogen and oxygen atoms in total. The van der Waals surface area contributed by atoms with Crippen LogP contribution in [0.1, 0.15) is 39.0 Å². The van der Waals surface area contributed by atoms with Gasteiger partial charge in [0.15, 0.2) is 5.75 Å². The highest BCUT2D eigenvalue weighted by Crippen LogP contribution is 2.31. The molecule has 1 saturated carbocycles. The molecule has 0 atom stereocenters. The first kappa shape index (κ1) is 15.6. The Morgan fingerprint density at radius 1 is 1.38 bits per heavy atom. The maximum atomic E-state index is 11.0. The zero-order valence-electron chi connectivity index (χ0n) is 12.2. The maximum Gasteiger partial charge on any atom is 0.311 e. The molecule has 6 heteroatoms. The number of nitrogens with one attached hydrogen (secondary N) is 1. The van der Waals surface area contributed by atoms with Crippen LogP contribution in [0.5, 0.6) is 5.75 Å². The van der Waals surface area contributed by atoms with E-state index in [1.165, 1.54) is 6.07 Å². The Labute approximate surface area is 124 Å². The number of nitrogens with zero attached hydrogens (tertiary/aromatic N) is 1. The minimum Gasteiger partial charge on any atom is -0.487 e. The van der Waals surface area contributed by atoms with Gasteiger partial charge in [-0.15, -0.1) is 0 Å². The van der Waals surface area contributed by atoms with E-state index in [2.05, 4.69) is 5.32 Å². The van der Waals surface area contributed by atoms with Crippen LogP contribution in [-0.2, 0) is 0 Å². The minimum atomic E-state index is -0.425. The predicted molar refractivity (Wildman–Crippen MR) is 80.8 cm³/mol. The minimum absolute atomic E-state index is 0.00642. The average Bonchev–Trinajstić information content (AvgIpc) is 2.47. The lowest BCUT2D eigenvalue weighted by atomic mass is 9.93. The molecule has 0 heterocycles. The van der Waals surface area contributed by atoms with Crippen LogP contribution >= 0.6 is 0 Å². The fourth-order valence-corrected chi connectivity index (χ4v) is 2.54. The number of hydrogen-bond acceptors (Lipinski definition) is 5. The van der Waals surface area contributed by atoms with Crippen molar-refractivity contribution in [3.05, 3.63) is 28.3 Å². The summed E-state index contributed by atoms with van der Waals surface area (Å²) in [4.78, 5) is 10.6. The van der Waals surface area contributed by atoms with Crippen molar-refractivity contribution in [3.63, 3.8) is 0 Å². The lowest BCUT2D eigenvalue weighted by molar-refractivity contribution is -0.385. The lowest BCUT2D eigenvalue weighted by Crippen LogP contribution is -2.28. The van der Waals surface area contributed by atoms with Crippen molar-refractivity contribution in [2.45, 2.75) is 51.2 Å². The highest BCUT2D eigenvalue weighted by Gasteiger charge is 2.21. The molecule has 1 aliphatic carbocycles. The molecule has 2 rings (SSSR count). The molecule has 2 N–H and O–H groups in total. The molecule has 0 spiro atoms. The maximum absolute atomic E-state index is 11.0. The third kappa shape index (κ3) is 4.32. The van der Waals surface area contributed by atoms with E-state index in [0.29, 0.717) is 18.4 Å². The number of rotatable bonds is 6. The fourth-order valence-electron chi connectivity index (χ4n) is 2.54. The highest BCUT2D eigenvalue weighted by molar-refractivity contribution is 5.58. The largest absolute Gasteiger partial charge is 0.487 e. The second-order valence-electron chi connectivity index (χ2n) is 5.44. The molecule has 0 amide bonds. The van der Waals surface area contributed by atoms with Crippen LogP contribution in [0.25, 0.3) is 0 Å². The van der Waals surface area contributed by atoms with Crippen LogP contribution in [0.2, 0.25) is 0 Å². The fraction of sp³-hybridized carbons (Fsp3) is 0.600. The monoisotopic (exact) mass is 294 g/mol. The van der Waals surface area contributed by atoms with E-state index in [1.807, 2.05) is 6.92 Å². The Kier molecular flexibility index (Phi) is 5.38. The molecule has 0 aliphatic heterocycles. The summed E-state index contributed by atoms with van der Waals surface area (Å²) in [5.41, 5.74) is 0.821. The van der Waals surface area contributed by atoms with Gasteiger partial charge >= 0.3 is 5.69 Å². The van der Waals surface area contributed by atoms with Crippen molar-refractivity contribution in [2.24, 2.45) is 0 Å². The number of benzene rings is 1.